The van der Waals surface area contributed by atoms with Crippen molar-refractivity contribution in [2.24, 2.45) is 17.8 Å². The third kappa shape index (κ3) is 6.18. The maximum Gasteiger partial charge on any atom is 0.147 e. The van der Waals surface area contributed by atoms with Crippen LogP contribution >= 0.6 is 45.7 Å². The molecule has 0 unspecified atom stereocenters. The molecule has 1 saturated carbocycles. The van der Waals surface area contributed by atoms with Crippen LogP contribution in [0.3, 0.4) is 0 Å². The highest BCUT2D eigenvalue weighted by Gasteiger charge is 2.49. The van der Waals surface area contributed by atoms with E-state index >= 15 is 4.57 Å². The van der Waals surface area contributed by atoms with Gasteiger partial charge in [0.1, 0.15) is 7.14 Å². The predicted octanol–water partition coefficient (Wildman–Crippen LogP) is 17.5. The highest BCUT2D eigenvalue weighted by Crippen LogP contribution is 2.70. The highest BCUT2D eigenvalue weighted by atomic mass is 79.9. The highest BCUT2D eigenvalue weighted by molar-refractivity contribution is 9.11. The normalized spacial score (nSPS) is 21.1. The first-order valence-corrected chi connectivity index (χ1v) is 27.5. The molecule has 60 heavy (non-hydrogen) atoms. The first-order valence-electron chi connectivity index (χ1n) is 23.3. The number of thiophene rings is 2. The zero-order chi connectivity index (χ0) is 41.6. The van der Waals surface area contributed by atoms with E-state index in [-0.39, 0.29) is 5.66 Å². The summed E-state index contributed by atoms with van der Waals surface area (Å²) in [5, 5.41) is 9.33. The van der Waals surface area contributed by atoms with Gasteiger partial charge in [-0.3, -0.25) is 0 Å². The standard InChI is InChI=1S/C55H60BrOPS2/c1-8-15-36-37(16-9-2)41-28-42-38(17-10-3)39(18-11-4)55-54(52-44-30-50(56)59-48(44)23-24-49(52)60-55)53(42)51(41)43-29-46-34(26-40(36)43)27-45(33-19-13-12-14-20-33)58(46,57)47-25-32(7)21-22-35(47)31(5)6/h12-14,19-20,23-24,26-27,29-32,35,47H,8-11,15-18,21-22,25,28H2,1-7H3/t32-,35+,47-,58+/m1/s1. The van der Waals surface area contributed by atoms with Crippen molar-refractivity contribution in [3.8, 4) is 11.1 Å². The maximum atomic E-state index is 17.0. The Hall–Kier alpha value is -3.01. The van der Waals surface area contributed by atoms with Gasteiger partial charge < -0.3 is 4.57 Å². The van der Waals surface area contributed by atoms with E-state index in [1.165, 1.54) is 74.3 Å². The molecule has 0 radical (unpaired) electrons. The van der Waals surface area contributed by atoms with E-state index < -0.39 is 7.14 Å². The molecular formula is C55H60BrOPS2. The van der Waals surface area contributed by atoms with Gasteiger partial charge in [-0.25, -0.2) is 0 Å². The van der Waals surface area contributed by atoms with Gasteiger partial charge in [0.25, 0.3) is 0 Å². The molecule has 1 aliphatic heterocycles. The number of rotatable bonds is 11. The van der Waals surface area contributed by atoms with Crippen LogP contribution in [0.1, 0.15) is 138 Å². The fourth-order valence-corrected chi connectivity index (χ4v) is 19.6. The Bertz CT molecular complexity index is 2930. The van der Waals surface area contributed by atoms with Gasteiger partial charge in [0.05, 0.1) is 3.79 Å². The third-order valence-corrected chi connectivity index (χ3v) is 21.4. The number of benzene rings is 5. The molecule has 0 N–H and O–H groups in total. The minimum atomic E-state index is -3.07. The number of halogens is 1. The van der Waals surface area contributed by atoms with Crippen molar-refractivity contribution >= 4 is 103 Å². The molecular weight excluding hydrogens is 852 g/mol. The Morgan fingerprint density at radius 2 is 1.38 bits per heavy atom. The smallest absolute Gasteiger partial charge is 0.147 e. The van der Waals surface area contributed by atoms with Crippen molar-refractivity contribution < 1.29 is 4.57 Å². The third-order valence-electron chi connectivity index (χ3n) is 14.8. The minimum Gasteiger partial charge on any atom is -0.313 e. The summed E-state index contributed by atoms with van der Waals surface area (Å²) in [6.07, 6.45) is 15.8. The topological polar surface area (TPSA) is 17.1 Å². The Labute approximate surface area is 374 Å². The van der Waals surface area contributed by atoms with Crippen molar-refractivity contribution in [3.63, 3.8) is 0 Å². The first-order chi connectivity index (χ1) is 29.1. The van der Waals surface area contributed by atoms with Gasteiger partial charge in [0.15, 0.2) is 0 Å². The van der Waals surface area contributed by atoms with Gasteiger partial charge >= 0.3 is 0 Å². The lowest BCUT2D eigenvalue weighted by Crippen LogP contribution is -2.34. The van der Waals surface area contributed by atoms with E-state index in [9.17, 15) is 0 Å². The summed E-state index contributed by atoms with van der Waals surface area (Å²) >= 11 is 7.80. The second kappa shape index (κ2) is 16.0. The van der Waals surface area contributed by atoms with Crippen LogP contribution in [0.4, 0.5) is 0 Å². The molecule has 5 heteroatoms. The van der Waals surface area contributed by atoms with Crippen LogP contribution in [0.25, 0.3) is 63.5 Å². The molecule has 2 aromatic heterocycles. The van der Waals surface area contributed by atoms with E-state index in [2.05, 4.69) is 131 Å². The molecule has 1 fully saturated rings. The summed E-state index contributed by atoms with van der Waals surface area (Å²) in [5.41, 5.74) is 15.0. The van der Waals surface area contributed by atoms with Gasteiger partial charge in [-0.2, -0.15) is 0 Å². The monoisotopic (exact) mass is 910 g/mol. The lowest BCUT2D eigenvalue weighted by atomic mass is 9.77. The van der Waals surface area contributed by atoms with Crippen LogP contribution in [0.2, 0.25) is 0 Å². The predicted molar refractivity (Wildman–Crippen MR) is 271 cm³/mol. The Kier molecular flexibility index (Phi) is 10.9. The summed E-state index contributed by atoms with van der Waals surface area (Å²) in [6, 6.07) is 23.1. The van der Waals surface area contributed by atoms with E-state index in [1.54, 1.807) is 33.4 Å². The second-order valence-corrected chi connectivity index (χ2v) is 25.4. The maximum absolute atomic E-state index is 17.0. The van der Waals surface area contributed by atoms with Crippen molar-refractivity contribution in [2.75, 3.05) is 0 Å². The largest absolute Gasteiger partial charge is 0.313 e. The van der Waals surface area contributed by atoms with Crippen LogP contribution in [0.5, 0.6) is 0 Å². The molecule has 0 saturated heterocycles. The molecule has 7 aromatic rings. The average molecular weight is 912 g/mol. The fraction of sp³-hybridized carbons (Fsp3) is 0.418. The van der Waals surface area contributed by atoms with Crippen LogP contribution in [-0.4, -0.2) is 5.66 Å². The molecule has 5 aromatic carbocycles. The SMILES string of the molecule is CCCc1c2c(c3cc4c(cc3c1CCC)C=C(c1ccccc1)[P@@]4(=O)[C@@H]1C[C@H](C)CC[C@H]1C(C)C)-c1c(c(CCC)c(CCC)c3sc4ccc5sc(Br)cc5c4c13)C2. The molecule has 310 valence electrons. The Balaban J connectivity index is 1.37. The molecule has 2 aliphatic carbocycles. The quantitative estimate of drug-likeness (QED) is 0.118. The first kappa shape index (κ1) is 41.0. The number of fused-ring (bicyclic) bond motifs is 12. The van der Waals surface area contributed by atoms with E-state index in [4.69, 9.17) is 0 Å². The molecule has 0 spiro atoms. The van der Waals surface area contributed by atoms with Crippen molar-refractivity contribution in [1.82, 2.24) is 0 Å². The van der Waals surface area contributed by atoms with Gasteiger partial charge in [-0.1, -0.05) is 111 Å². The lowest BCUT2D eigenvalue weighted by Gasteiger charge is -2.42. The lowest BCUT2D eigenvalue weighted by molar-refractivity contribution is 0.238. The van der Waals surface area contributed by atoms with Crippen LogP contribution in [0.15, 0.2) is 64.5 Å². The molecule has 1 nitrogen and oxygen atoms in total. The summed E-state index contributed by atoms with van der Waals surface area (Å²) in [6.45, 7) is 16.7. The van der Waals surface area contributed by atoms with Gasteiger partial charge in [0, 0.05) is 46.5 Å². The summed E-state index contributed by atoms with van der Waals surface area (Å²) in [7, 11) is -3.07. The summed E-state index contributed by atoms with van der Waals surface area (Å²) < 4.78 is 22.5. The van der Waals surface area contributed by atoms with Gasteiger partial charge in [0.2, 0.25) is 0 Å². The molecule has 4 atom stereocenters. The van der Waals surface area contributed by atoms with Crippen LogP contribution in [-0.2, 0) is 36.7 Å². The molecule has 0 bridgehead atoms. The molecule has 0 amide bonds. The van der Waals surface area contributed by atoms with Gasteiger partial charge in [-0.15, -0.1) is 22.7 Å². The van der Waals surface area contributed by atoms with Gasteiger partial charge in [-0.05, 0) is 181 Å². The number of hydrogen-bond donors (Lipinski definition) is 0. The average Bonchev–Trinajstić information content (AvgIpc) is 4.00. The fourth-order valence-electron chi connectivity index (χ4n) is 12.3. The summed E-state index contributed by atoms with van der Waals surface area (Å²) in [5.74, 6) is 1.50. The zero-order valence-electron chi connectivity index (χ0n) is 36.7. The van der Waals surface area contributed by atoms with E-state index in [0.29, 0.717) is 17.8 Å². The van der Waals surface area contributed by atoms with Crippen LogP contribution in [0, 0.1) is 17.8 Å². The van der Waals surface area contributed by atoms with Crippen LogP contribution < -0.4 is 5.30 Å². The van der Waals surface area contributed by atoms with Crippen molar-refractivity contribution in [3.05, 3.63) is 109 Å². The van der Waals surface area contributed by atoms with E-state index in [0.717, 1.165) is 80.4 Å². The Morgan fingerprint density at radius 1 is 0.717 bits per heavy atom. The number of aryl methyl sites for hydroxylation is 2. The zero-order valence-corrected chi connectivity index (χ0v) is 40.8. The summed E-state index contributed by atoms with van der Waals surface area (Å²) in [4.78, 5) is 0. The minimum absolute atomic E-state index is 0.145. The second-order valence-electron chi connectivity index (χ2n) is 18.9. The van der Waals surface area contributed by atoms with Crippen molar-refractivity contribution in [1.29, 1.82) is 0 Å². The number of hydrogen-bond acceptors (Lipinski definition) is 3. The molecule has 10 rings (SSSR count). The molecule has 3 aliphatic rings. The Morgan fingerprint density at radius 3 is 2.10 bits per heavy atom. The van der Waals surface area contributed by atoms with E-state index in [1.807, 2.05) is 22.7 Å². The van der Waals surface area contributed by atoms with Crippen molar-refractivity contribution in [2.45, 2.75) is 131 Å². The molecule has 3 heterocycles.